The number of rotatable bonds is 9. The number of primary sulfonamides is 1. The molecule has 2 unspecified atom stereocenters. The molecule has 2 aromatic rings. The highest BCUT2D eigenvalue weighted by Crippen LogP contribution is 2.30. The molecule has 1 aliphatic rings. The predicted molar refractivity (Wildman–Crippen MR) is 136 cm³/mol. The average Bonchev–Trinajstić information content (AvgIpc) is 2.87. The number of non-ortho nitro benzene ring substituents is 1. The van der Waals surface area contributed by atoms with Crippen LogP contribution in [0.15, 0.2) is 41.3 Å². The second kappa shape index (κ2) is 11.8. The van der Waals surface area contributed by atoms with Crippen molar-refractivity contribution in [3.05, 3.63) is 67.8 Å². The second-order valence-corrected chi connectivity index (χ2v) is 10.3. The topological polar surface area (TPSA) is 260 Å². The van der Waals surface area contributed by atoms with E-state index in [1.54, 1.807) is 0 Å². The quantitative estimate of drug-likeness (QED) is 0.158. The van der Waals surface area contributed by atoms with Gasteiger partial charge in [-0.05, 0) is 37.1 Å². The Labute approximate surface area is 221 Å². The number of hydrogen-bond acceptors (Lipinski definition) is 10. The van der Waals surface area contributed by atoms with Crippen molar-refractivity contribution >= 4 is 44.8 Å². The monoisotopic (exact) mass is 563 g/mol. The van der Waals surface area contributed by atoms with E-state index >= 15 is 0 Å². The van der Waals surface area contributed by atoms with E-state index in [1.165, 1.54) is 24.3 Å². The normalized spacial score (nSPS) is 17.1. The molecule has 1 saturated carbocycles. The van der Waals surface area contributed by atoms with Crippen molar-refractivity contribution < 1.29 is 32.6 Å². The Morgan fingerprint density at radius 3 is 2.05 bits per heavy atom. The SMILES string of the molecule is Nc1c(C(=O)NCC(=O)NC2CCCCC2NC(=O)c2ccc(S(N)(=O)=O)cc2)cc([N+](=O)[O-])cc1[N+](=O)[O-]. The predicted octanol–water partition coefficient (Wildman–Crippen LogP) is 0.320. The lowest BCUT2D eigenvalue weighted by Crippen LogP contribution is -2.54. The number of nitrogens with zero attached hydrogens (tertiary/aromatic N) is 2. The largest absolute Gasteiger partial charge is 0.392 e. The first-order valence-electron chi connectivity index (χ1n) is 11.5. The lowest BCUT2D eigenvalue weighted by Gasteiger charge is -2.33. The zero-order valence-corrected chi connectivity index (χ0v) is 21.1. The summed E-state index contributed by atoms with van der Waals surface area (Å²) in [6, 6.07) is 5.49. The molecular formula is C22H25N7O9S. The van der Waals surface area contributed by atoms with Gasteiger partial charge < -0.3 is 21.7 Å². The highest BCUT2D eigenvalue weighted by atomic mass is 32.2. The van der Waals surface area contributed by atoms with Crippen molar-refractivity contribution in [2.24, 2.45) is 5.14 Å². The van der Waals surface area contributed by atoms with Gasteiger partial charge in [0.05, 0.1) is 32.9 Å². The van der Waals surface area contributed by atoms with E-state index in [2.05, 4.69) is 16.0 Å². The molecule has 3 rings (SSSR count). The smallest absolute Gasteiger partial charge is 0.299 e. The first kappa shape index (κ1) is 28.9. The number of nitrogen functional groups attached to an aromatic ring is 1. The summed E-state index contributed by atoms with van der Waals surface area (Å²) in [6.45, 7) is -0.568. The van der Waals surface area contributed by atoms with Crippen LogP contribution in [0.25, 0.3) is 0 Å². The van der Waals surface area contributed by atoms with Crippen LogP contribution in [0.4, 0.5) is 17.1 Å². The number of nitro benzene ring substituents is 2. The minimum atomic E-state index is -3.91. The Hall–Kier alpha value is -4.64. The second-order valence-electron chi connectivity index (χ2n) is 8.73. The maximum absolute atomic E-state index is 12.7. The molecule has 17 heteroatoms. The summed E-state index contributed by atoms with van der Waals surface area (Å²) in [5.74, 6) is -2.14. The molecule has 2 aromatic carbocycles. The minimum Gasteiger partial charge on any atom is -0.392 e. The molecule has 0 aromatic heterocycles. The molecule has 16 nitrogen and oxygen atoms in total. The molecule has 0 spiro atoms. The Balaban J connectivity index is 1.63. The third-order valence-electron chi connectivity index (χ3n) is 6.08. The van der Waals surface area contributed by atoms with Crippen LogP contribution in [0.5, 0.6) is 0 Å². The summed E-state index contributed by atoms with van der Waals surface area (Å²) < 4.78 is 22.8. The molecule has 1 fully saturated rings. The fourth-order valence-corrected chi connectivity index (χ4v) is 4.62. The molecule has 39 heavy (non-hydrogen) atoms. The van der Waals surface area contributed by atoms with E-state index in [1.807, 2.05) is 0 Å². The average molecular weight is 564 g/mol. The Morgan fingerprint density at radius 2 is 1.51 bits per heavy atom. The summed E-state index contributed by atoms with van der Waals surface area (Å²) in [5.41, 5.74) is 3.19. The third-order valence-corrected chi connectivity index (χ3v) is 7.01. The first-order chi connectivity index (χ1) is 18.3. The Bertz CT molecular complexity index is 1430. The highest BCUT2D eigenvalue weighted by Gasteiger charge is 2.29. The van der Waals surface area contributed by atoms with Gasteiger partial charge in [-0.3, -0.25) is 34.6 Å². The molecule has 0 saturated heterocycles. The molecule has 1 aliphatic carbocycles. The summed E-state index contributed by atoms with van der Waals surface area (Å²) in [4.78, 5) is 58.0. The molecule has 0 radical (unpaired) electrons. The van der Waals surface area contributed by atoms with Gasteiger partial charge in [-0.1, -0.05) is 12.8 Å². The number of sulfonamides is 1. The third kappa shape index (κ3) is 7.23. The molecule has 0 bridgehead atoms. The van der Waals surface area contributed by atoms with Crippen molar-refractivity contribution in [2.75, 3.05) is 12.3 Å². The van der Waals surface area contributed by atoms with Gasteiger partial charge in [0.2, 0.25) is 15.9 Å². The molecule has 3 amide bonds. The number of nitro groups is 2. The Kier molecular flexibility index (Phi) is 8.77. The number of hydrogen-bond donors (Lipinski definition) is 5. The van der Waals surface area contributed by atoms with Gasteiger partial charge in [0.15, 0.2) is 0 Å². The number of carbonyl (C=O) groups excluding carboxylic acids is 3. The van der Waals surface area contributed by atoms with Crippen molar-refractivity contribution in [1.29, 1.82) is 0 Å². The molecule has 0 heterocycles. The van der Waals surface area contributed by atoms with Crippen LogP contribution in [0.1, 0.15) is 46.4 Å². The van der Waals surface area contributed by atoms with E-state index in [9.17, 15) is 43.0 Å². The van der Waals surface area contributed by atoms with Gasteiger partial charge >= 0.3 is 0 Å². The number of nitrogens with one attached hydrogen (secondary N) is 3. The Morgan fingerprint density at radius 1 is 0.923 bits per heavy atom. The molecule has 0 aliphatic heterocycles. The maximum atomic E-state index is 12.7. The van der Waals surface area contributed by atoms with E-state index in [0.29, 0.717) is 18.9 Å². The fourth-order valence-electron chi connectivity index (χ4n) is 4.11. The van der Waals surface area contributed by atoms with Gasteiger partial charge in [-0.25, -0.2) is 13.6 Å². The van der Waals surface area contributed by atoms with Gasteiger partial charge in [0.1, 0.15) is 5.69 Å². The van der Waals surface area contributed by atoms with Crippen LogP contribution >= 0.6 is 0 Å². The standard InChI is InChI=1S/C22H25N7O9S/c23-20-15(9-13(28(33)34)10-18(20)29(35)36)22(32)25-11-19(30)26-16-3-1-2-4-17(16)27-21(31)12-5-7-14(8-6-12)39(24,37)38/h5-10,16-17H,1-4,11,23H2,(H,25,32)(H,26,30)(H,27,31)(H2,24,37,38). The number of anilines is 1. The fraction of sp³-hybridized carbons (Fsp3) is 0.318. The first-order valence-corrected chi connectivity index (χ1v) is 13.1. The lowest BCUT2D eigenvalue weighted by atomic mass is 9.90. The maximum Gasteiger partial charge on any atom is 0.299 e. The van der Waals surface area contributed by atoms with Crippen molar-refractivity contribution in [3.63, 3.8) is 0 Å². The molecule has 208 valence electrons. The molecule has 2 atom stereocenters. The van der Waals surface area contributed by atoms with Crippen LogP contribution in [-0.4, -0.2) is 54.6 Å². The van der Waals surface area contributed by atoms with Crippen LogP contribution in [0.3, 0.4) is 0 Å². The summed E-state index contributed by atoms with van der Waals surface area (Å²) >= 11 is 0. The molecule has 7 N–H and O–H groups in total. The summed E-state index contributed by atoms with van der Waals surface area (Å²) in [6.07, 6.45) is 2.62. The number of benzene rings is 2. The van der Waals surface area contributed by atoms with Gasteiger partial charge in [0, 0.05) is 23.7 Å². The highest BCUT2D eigenvalue weighted by molar-refractivity contribution is 7.89. The van der Waals surface area contributed by atoms with Gasteiger partial charge in [-0.2, -0.15) is 0 Å². The lowest BCUT2D eigenvalue weighted by molar-refractivity contribution is -0.393. The minimum absolute atomic E-state index is 0.148. The van der Waals surface area contributed by atoms with Crippen LogP contribution in [0.2, 0.25) is 0 Å². The van der Waals surface area contributed by atoms with Gasteiger partial charge in [0.25, 0.3) is 23.2 Å². The number of amides is 3. The molecular weight excluding hydrogens is 538 g/mol. The van der Waals surface area contributed by atoms with Crippen LogP contribution in [-0.2, 0) is 14.8 Å². The van der Waals surface area contributed by atoms with Crippen molar-refractivity contribution in [3.8, 4) is 0 Å². The zero-order valence-electron chi connectivity index (χ0n) is 20.3. The van der Waals surface area contributed by atoms with Crippen LogP contribution in [0, 0.1) is 20.2 Å². The van der Waals surface area contributed by atoms with E-state index in [-0.39, 0.29) is 10.5 Å². The van der Waals surface area contributed by atoms with E-state index in [4.69, 9.17) is 10.9 Å². The van der Waals surface area contributed by atoms with Gasteiger partial charge in [-0.15, -0.1) is 0 Å². The summed E-state index contributed by atoms with van der Waals surface area (Å²) in [7, 11) is -3.91. The van der Waals surface area contributed by atoms with Crippen LogP contribution < -0.4 is 26.8 Å². The van der Waals surface area contributed by atoms with E-state index in [0.717, 1.165) is 18.9 Å². The van der Waals surface area contributed by atoms with Crippen molar-refractivity contribution in [1.82, 2.24) is 16.0 Å². The number of carbonyl (C=O) groups is 3. The summed E-state index contributed by atoms with van der Waals surface area (Å²) in [5, 5.41) is 35.1. The zero-order chi connectivity index (χ0) is 28.9. The van der Waals surface area contributed by atoms with E-state index < -0.39 is 78.8 Å². The number of nitrogens with two attached hydrogens (primary N) is 2. The van der Waals surface area contributed by atoms with Crippen molar-refractivity contribution in [2.45, 2.75) is 42.7 Å².